The Bertz CT molecular complexity index is 272. The number of alkyl halides is 2. The van der Waals surface area contributed by atoms with Crippen LogP contribution >= 0.6 is 0 Å². The third kappa shape index (κ3) is 2.49. The molecule has 1 unspecified atom stereocenters. The summed E-state index contributed by atoms with van der Waals surface area (Å²) in [5.74, 6) is -2.77. The Labute approximate surface area is 76.6 Å². The van der Waals surface area contributed by atoms with Crippen LogP contribution in [0.5, 0.6) is 0 Å². The number of hydrogen-bond donors (Lipinski definition) is 1. The summed E-state index contributed by atoms with van der Waals surface area (Å²) in [6, 6.07) is 5.99. The molecule has 0 aromatic heterocycles. The smallest absolute Gasteiger partial charge is 0.270 e. The molecule has 1 atom stereocenters. The molecule has 2 N–H and O–H groups in total. The van der Waals surface area contributed by atoms with E-state index in [1.807, 2.05) is 6.92 Å². The van der Waals surface area contributed by atoms with Crippen molar-refractivity contribution in [1.82, 2.24) is 0 Å². The van der Waals surface area contributed by atoms with Gasteiger partial charge >= 0.3 is 0 Å². The molecule has 0 amide bonds. The molecule has 3 heteroatoms. The maximum atomic E-state index is 12.8. The van der Waals surface area contributed by atoms with Crippen LogP contribution < -0.4 is 5.73 Å². The maximum Gasteiger partial charge on any atom is 0.270 e. The maximum absolute atomic E-state index is 12.8. The van der Waals surface area contributed by atoms with Crippen LogP contribution in [0.2, 0.25) is 0 Å². The van der Waals surface area contributed by atoms with E-state index in [9.17, 15) is 8.78 Å². The van der Waals surface area contributed by atoms with Gasteiger partial charge in [-0.1, -0.05) is 24.3 Å². The highest BCUT2D eigenvalue weighted by Crippen LogP contribution is 2.27. The van der Waals surface area contributed by atoms with Gasteiger partial charge in [0.15, 0.2) is 0 Å². The van der Waals surface area contributed by atoms with Crippen LogP contribution in [-0.4, -0.2) is 0 Å². The molecule has 1 aromatic carbocycles. The van der Waals surface area contributed by atoms with Crippen LogP contribution in [-0.2, 0) is 5.92 Å². The average Bonchev–Trinajstić information content (AvgIpc) is 2.03. The Balaban J connectivity index is 2.94. The standard InChI is InChI=1S/C10H13F2N/c1-7(13)8-3-5-9(6-4-8)10(2,11)12/h3-7H,13H2,1-2H3. The van der Waals surface area contributed by atoms with E-state index in [-0.39, 0.29) is 11.6 Å². The summed E-state index contributed by atoms with van der Waals surface area (Å²) in [6.07, 6.45) is 0. The molecule has 0 heterocycles. The lowest BCUT2D eigenvalue weighted by Gasteiger charge is -2.12. The molecule has 72 valence electrons. The van der Waals surface area contributed by atoms with Crippen molar-refractivity contribution in [2.75, 3.05) is 0 Å². The minimum atomic E-state index is -2.77. The van der Waals surface area contributed by atoms with Crippen molar-refractivity contribution < 1.29 is 8.78 Å². The van der Waals surface area contributed by atoms with Gasteiger partial charge in [0.25, 0.3) is 5.92 Å². The van der Waals surface area contributed by atoms with Crippen LogP contribution in [0.1, 0.15) is 31.0 Å². The molecule has 0 aliphatic rings. The van der Waals surface area contributed by atoms with Crippen molar-refractivity contribution in [1.29, 1.82) is 0 Å². The number of hydrogen-bond acceptors (Lipinski definition) is 1. The Morgan fingerprint density at radius 3 is 2.00 bits per heavy atom. The summed E-state index contributed by atoms with van der Waals surface area (Å²) in [7, 11) is 0. The van der Waals surface area contributed by atoms with Crippen molar-refractivity contribution >= 4 is 0 Å². The summed E-state index contributed by atoms with van der Waals surface area (Å²) >= 11 is 0. The quantitative estimate of drug-likeness (QED) is 0.753. The first-order chi connectivity index (χ1) is 5.91. The molecule has 0 spiro atoms. The Morgan fingerprint density at radius 2 is 1.69 bits per heavy atom. The Hall–Kier alpha value is -0.960. The Kier molecular flexibility index (Phi) is 2.66. The molecule has 1 rings (SSSR count). The zero-order valence-corrected chi connectivity index (χ0v) is 7.72. The lowest BCUT2D eigenvalue weighted by atomic mass is 10.0. The van der Waals surface area contributed by atoms with Gasteiger partial charge in [0, 0.05) is 18.5 Å². The van der Waals surface area contributed by atoms with Gasteiger partial charge in [-0.2, -0.15) is 0 Å². The molecule has 0 saturated carbocycles. The zero-order valence-electron chi connectivity index (χ0n) is 7.72. The first-order valence-corrected chi connectivity index (χ1v) is 4.15. The van der Waals surface area contributed by atoms with E-state index in [1.165, 1.54) is 12.1 Å². The largest absolute Gasteiger partial charge is 0.324 e. The van der Waals surface area contributed by atoms with Gasteiger partial charge in [-0.05, 0) is 12.5 Å². The molecule has 1 nitrogen and oxygen atoms in total. The predicted octanol–water partition coefficient (Wildman–Crippen LogP) is 2.82. The van der Waals surface area contributed by atoms with E-state index < -0.39 is 5.92 Å². The van der Waals surface area contributed by atoms with Crippen molar-refractivity contribution in [3.63, 3.8) is 0 Å². The summed E-state index contributed by atoms with van der Waals surface area (Å²) in [5.41, 5.74) is 6.48. The number of halogens is 2. The second-order valence-corrected chi connectivity index (χ2v) is 3.30. The molecule has 1 aromatic rings. The number of benzene rings is 1. The molecule has 0 bridgehead atoms. The molecular weight excluding hydrogens is 172 g/mol. The minimum absolute atomic E-state index is 0.0249. The van der Waals surface area contributed by atoms with Crippen LogP contribution in [0.4, 0.5) is 8.78 Å². The van der Waals surface area contributed by atoms with Crippen molar-refractivity contribution in [3.05, 3.63) is 35.4 Å². The van der Waals surface area contributed by atoms with Gasteiger partial charge in [-0.25, -0.2) is 8.78 Å². The van der Waals surface area contributed by atoms with E-state index in [0.717, 1.165) is 12.5 Å². The van der Waals surface area contributed by atoms with Crippen molar-refractivity contribution in [3.8, 4) is 0 Å². The minimum Gasteiger partial charge on any atom is -0.324 e. The van der Waals surface area contributed by atoms with Crippen molar-refractivity contribution in [2.24, 2.45) is 5.73 Å². The predicted molar refractivity (Wildman–Crippen MR) is 48.6 cm³/mol. The molecule has 0 aliphatic carbocycles. The molecule has 0 aliphatic heterocycles. The van der Waals surface area contributed by atoms with Crippen LogP contribution in [0.15, 0.2) is 24.3 Å². The second-order valence-electron chi connectivity index (χ2n) is 3.30. The normalized spacial score (nSPS) is 14.2. The number of rotatable bonds is 2. The lowest BCUT2D eigenvalue weighted by Crippen LogP contribution is -2.09. The molecule has 13 heavy (non-hydrogen) atoms. The Morgan fingerprint density at radius 1 is 1.23 bits per heavy atom. The van der Waals surface area contributed by atoms with Crippen LogP contribution in [0.25, 0.3) is 0 Å². The average molecular weight is 185 g/mol. The van der Waals surface area contributed by atoms with Crippen molar-refractivity contribution in [2.45, 2.75) is 25.8 Å². The molecular formula is C10H13F2N. The van der Waals surface area contributed by atoms with Gasteiger partial charge in [-0.3, -0.25) is 0 Å². The monoisotopic (exact) mass is 185 g/mol. The fourth-order valence-electron chi connectivity index (χ4n) is 1.08. The third-order valence-electron chi connectivity index (χ3n) is 1.94. The number of nitrogens with two attached hydrogens (primary N) is 1. The van der Waals surface area contributed by atoms with Crippen LogP contribution in [0, 0.1) is 0 Å². The molecule has 0 saturated heterocycles. The highest BCUT2D eigenvalue weighted by atomic mass is 19.3. The van der Waals surface area contributed by atoms with Gasteiger partial charge < -0.3 is 5.73 Å². The summed E-state index contributed by atoms with van der Waals surface area (Å²) < 4.78 is 25.5. The van der Waals surface area contributed by atoms with E-state index in [2.05, 4.69) is 0 Å². The topological polar surface area (TPSA) is 26.0 Å². The van der Waals surface area contributed by atoms with Gasteiger partial charge in [0.05, 0.1) is 0 Å². The zero-order chi connectivity index (χ0) is 10.1. The van der Waals surface area contributed by atoms with E-state index in [4.69, 9.17) is 5.73 Å². The molecule has 0 radical (unpaired) electrons. The SMILES string of the molecule is CC(N)c1ccc(C(C)(F)F)cc1. The lowest BCUT2D eigenvalue weighted by molar-refractivity contribution is 0.0174. The van der Waals surface area contributed by atoms with E-state index in [0.29, 0.717) is 0 Å². The van der Waals surface area contributed by atoms with Gasteiger partial charge in [0.1, 0.15) is 0 Å². The second kappa shape index (κ2) is 3.42. The third-order valence-corrected chi connectivity index (χ3v) is 1.94. The fraction of sp³-hybridized carbons (Fsp3) is 0.400. The van der Waals surface area contributed by atoms with Gasteiger partial charge in [0.2, 0.25) is 0 Å². The first-order valence-electron chi connectivity index (χ1n) is 4.15. The summed E-state index contributed by atoms with van der Waals surface area (Å²) in [5, 5.41) is 0. The van der Waals surface area contributed by atoms with Gasteiger partial charge in [-0.15, -0.1) is 0 Å². The highest BCUT2D eigenvalue weighted by Gasteiger charge is 2.23. The first kappa shape index (κ1) is 10.1. The fourth-order valence-corrected chi connectivity index (χ4v) is 1.08. The summed E-state index contributed by atoms with van der Waals surface area (Å²) in [6.45, 7) is 2.70. The summed E-state index contributed by atoms with van der Waals surface area (Å²) in [4.78, 5) is 0. The van der Waals surface area contributed by atoms with E-state index in [1.54, 1.807) is 12.1 Å². The highest BCUT2D eigenvalue weighted by molar-refractivity contribution is 5.26. The van der Waals surface area contributed by atoms with E-state index >= 15 is 0 Å². The van der Waals surface area contributed by atoms with Crippen LogP contribution in [0.3, 0.4) is 0 Å². The molecule has 0 fully saturated rings.